The second kappa shape index (κ2) is 7.87. The summed E-state index contributed by atoms with van der Waals surface area (Å²) in [6, 6.07) is 13.2. The lowest BCUT2D eigenvalue weighted by molar-refractivity contribution is -0.115. The number of H-pyrrole nitrogens is 1. The lowest BCUT2D eigenvalue weighted by Gasteiger charge is -2.28. The number of alkyl halides is 3. The minimum absolute atomic E-state index is 0.101. The molecule has 1 aromatic carbocycles. The van der Waals surface area contributed by atoms with Gasteiger partial charge >= 0.3 is 6.18 Å². The molecule has 0 radical (unpaired) electrons. The lowest BCUT2D eigenvalue weighted by atomic mass is 9.75. The van der Waals surface area contributed by atoms with E-state index in [0.717, 1.165) is 34.5 Å². The van der Waals surface area contributed by atoms with Gasteiger partial charge in [0.2, 0.25) is 0 Å². The van der Waals surface area contributed by atoms with Gasteiger partial charge in [0.25, 0.3) is 0 Å². The smallest absolute Gasteiger partial charge is 0.361 e. The molecule has 0 fully saturated rings. The van der Waals surface area contributed by atoms with Gasteiger partial charge in [-0.3, -0.25) is 4.79 Å². The highest BCUT2D eigenvalue weighted by molar-refractivity contribution is 6.02. The predicted octanol–water partition coefficient (Wildman–Crippen LogP) is 5.80. The molecule has 0 amide bonds. The number of aromatic nitrogens is 2. The van der Waals surface area contributed by atoms with Crippen molar-refractivity contribution in [3.05, 3.63) is 71.0 Å². The van der Waals surface area contributed by atoms with Crippen molar-refractivity contribution in [2.75, 3.05) is 11.9 Å². The van der Waals surface area contributed by atoms with Crippen LogP contribution in [0.3, 0.4) is 0 Å². The number of hydrogen-bond donors (Lipinski definition) is 2. The van der Waals surface area contributed by atoms with Gasteiger partial charge < -0.3 is 10.3 Å². The molecule has 0 bridgehead atoms. The first-order valence-electron chi connectivity index (χ1n) is 10.2. The molecule has 4 nitrogen and oxygen atoms in total. The Labute approximate surface area is 178 Å². The van der Waals surface area contributed by atoms with Crippen molar-refractivity contribution in [3.8, 4) is 11.3 Å². The van der Waals surface area contributed by atoms with E-state index < -0.39 is 12.7 Å². The maximum Gasteiger partial charge on any atom is 0.405 e. The van der Waals surface area contributed by atoms with Crippen LogP contribution < -0.4 is 5.32 Å². The third-order valence-corrected chi connectivity index (χ3v) is 5.50. The Morgan fingerprint density at radius 1 is 1.13 bits per heavy atom. The number of Topliss-reactive ketones (excluding diaryl/α,β-unsaturated/α-hetero) is 1. The second-order valence-corrected chi connectivity index (χ2v) is 8.83. The molecule has 31 heavy (non-hydrogen) atoms. The van der Waals surface area contributed by atoms with E-state index in [2.05, 4.69) is 29.1 Å². The fourth-order valence-corrected chi connectivity index (χ4v) is 4.23. The number of halogens is 3. The van der Waals surface area contributed by atoms with Gasteiger partial charge in [-0.1, -0.05) is 44.2 Å². The molecule has 0 atom stereocenters. The zero-order valence-electron chi connectivity index (χ0n) is 17.4. The van der Waals surface area contributed by atoms with E-state index >= 15 is 0 Å². The Hall–Kier alpha value is -3.09. The van der Waals surface area contributed by atoms with Crippen LogP contribution in [0.1, 0.15) is 47.4 Å². The standard InChI is InChI=1S/C24H24F3N3O/c1-23(2)12-18-21(19(31)13-23)17(10-15-6-4-3-5-7-15)22(30-18)16-8-9-28-20(11-16)29-14-24(25,26)27/h3-9,11,30H,10,12-14H2,1-2H3,(H,28,29). The van der Waals surface area contributed by atoms with E-state index in [-0.39, 0.29) is 17.0 Å². The van der Waals surface area contributed by atoms with Crippen LogP contribution in [0.4, 0.5) is 19.0 Å². The number of nitrogens with one attached hydrogen (secondary N) is 2. The lowest BCUT2D eigenvalue weighted by Crippen LogP contribution is -2.27. The van der Waals surface area contributed by atoms with Crippen molar-refractivity contribution in [1.29, 1.82) is 0 Å². The monoisotopic (exact) mass is 427 g/mol. The molecule has 0 spiro atoms. The number of ketones is 1. The van der Waals surface area contributed by atoms with Crippen LogP contribution in [-0.4, -0.2) is 28.5 Å². The summed E-state index contributed by atoms with van der Waals surface area (Å²) in [6.07, 6.45) is -1.10. The zero-order chi connectivity index (χ0) is 22.2. The second-order valence-electron chi connectivity index (χ2n) is 8.83. The molecule has 0 aliphatic heterocycles. The first-order chi connectivity index (χ1) is 14.6. The number of anilines is 1. The van der Waals surface area contributed by atoms with Gasteiger partial charge in [0, 0.05) is 35.9 Å². The fraction of sp³-hybridized carbons (Fsp3) is 0.333. The Kier molecular flexibility index (Phi) is 5.37. The van der Waals surface area contributed by atoms with E-state index in [1.807, 2.05) is 30.3 Å². The van der Waals surface area contributed by atoms with Crippen molar-refractivity contribution in [3.63, 3.8) is 0 Å². The number of aromatic amines is 1. The molecule has 1 aliphatic rings. The third-order valence-electron chi connectivity index (χ3n) is 5.50. The number of carbonyl (C=O) groups excluding carboxylic acids is 1. The summed E-state index contributed by atoms with van der Waals surface area (Å²) in [5.74, 6) is 0.240. The molecule has 0 saturated carbocycles. The summed E-state index contributed by atoms with van der Waals surface area (Å²) < 4.78 is 37.8. The summed E-state index contributed by atoms with van der Waals surface area (Å²) >= 11 is 0. The van der Waals surface area contributed by atoms with E-state index in [1.54, 1.807) is 12.1 Å². The van der Waals surface area contributed by atoms with Crippen LogP contribution in [0.15, 0.2) is 48.7 Å². The molecule has 0 saturated heterocycles. The number of benzene rings is 1. The van der Waals surface area contributed by atoms with Gasteiger partial charge in [-0.05, 0) is 35.1 Å². The van der Waals surface area contributed by atoms with E-state index in [0.29, 0.717) is 18.4 Å². The minimum Gasteiger partial charge on any atom is -0.361 e. The number of rotatable bonds is 5. The third kappa shape index (κ3) is 4.81. The molecular weight excluding hydrogens is 403 g/mol. The van der Waals surface area contributed by atoms with Crippen molar-refractivity contribution >= 4 is 11.6 Å². The largest absolute Gasteiger partial charge is 0.405 e. The Morgan fingerprint density at radius 3 is 2.58 bits per heavy atom. The zero-order valence-corrected chi connectivity index (χ0v) is 17.4. The van der Waals surface area contributed by atoms with Crippen LogP contribution in [0.25, 0.3) is 11.3 Å². The minimum atomic E-state index is -4.33. The highest BCUT2D eigenvalue weighted by Crippen LogP contribution is 2.40. The summed E-state index contributed by atoms with van der Waals surface area (Å²) in [7, 11) is 0. The number of nitrogens with zero attached hydrogens (tertiary/aromatic N) is 1. The van der Waals surface area contributed by atoms with Crippen LogP contribution in [-0.2, 0) is 12.8 Å². The van der Waals surface area contributed by atoms with Gasteiger partial charge in [0.1, 0.15) is 12.4 Å². The molecule has 3 aromatic rings. The Balaban J connectivity index is 1.78. The van der Waals surface area contributed by atoms with Crippen LogP contribution in [0, 0.1) is 5.41 Å². The maximum absolute atomic E-state index is 13.1. The first-order valence-corrected chi connectivity index (χ1v) is 10.2. The SMILES string of the molecule is CC1(C)CC(=O)c2c([nH]c(-c3ccnc(NCC(F)(F)F)c3)c2Cc2ccccc2)C1. The summed E-state index contributed by atoms with van der Waals surface area (Å²) in [5.41, 5.74) is 4.88. The van der Waals surface area contributed by atoms with Gasteiger partial charge in [-0.25, -0.2) is 4.98 Å². The van der Waals surface area contributed by atoms with Crippen LogP contribution in [0.5, 0.6) is 0 Å². The molecule has 2 heterocycles. The Morgan fingerprint density at radius 2 is 1.87 bits per heavy atom. The molecular formula is C24H24F3N3O. The number of hydrogen-bond acceptors (Lipinski definition) is 3. The van der Waals surface area contributed by atoms with Gasteiger partial charge in [0.05, 0.1) is 5.69 Å². The highest BCUT2D eigenvalue weighted by atomic mass is 19.4. The van der Waals surface area contributed by atoms with Gasteiger partial charge in [0.15, 0.2) is 5.78 Å². The van der Waals surface area contributed by atoms with E-state index in [4.69, 9.17) is 0 Å². The van der Waals surface area contributed by atoms with Crippen molar-refractivity contribution in [2.45, 2.75) is 39.3 Å². The van der Waals surface area contributed by atoms with Crippen molar-refractivity contribution in [2.24, 2.45) is 5.41 Å². The average molecular weight is 427 g/mol. The highest BCUT2D eigenvalue weighted by Gasteiger charge is 2.35. The van der Waals surface area contributed by atoms with Gasteiger partial charge in [-0.2, -0.15) is 13.2 Å². The normalized spacial score (nSPS) is 15.6. The molecule has 2 N–H and O–H groups in total. The average Bonchev–Trinajstić information content (AvgIpc) is 3.04. The Bertz CT molecular complexity index is 1100. The molecule has 2 aromatic heterocycles. The summed E-state index contributed by atoms with van der Waals surface area (Å²) in [5, 5.41) is 2.33. The molecule has 0 unspecified atom stereocenters. The quantitative estimate of drug-likeness (QED) is 0.541. The van der Waals surface area contributed by atoms with Crippen LogP contribution >= 0.6 is 0 Å². The summed E-state index contributed by atoms with van der Waals surface area (Å²) in [6.45, 7) is 2.97. The van der Waals surface area contributed by atoms with Crippen molar-refractivity contribution in [1.82, 2.24) is 9.97 Å². The van der Waals surface area contributed by atoms with Gasteiger partial charge in [-0.15, -0.1) is 0 Å². The molecule has 1 aliphatic carbocycles. The molecule has 162 valence electrons. The van der Waals surface area contributed by atoms with Crippen LogP contribution in [0.2, 0.25) is 0 Å². The van der Waals surface area contributed by atoms with E-state index in [1.165, 1.54) is 6.20 Å². The first kappa shape index (κ1) is 21.2. The van der Waals surface area contributed by atoms with E-state index in [9.17, 15) is 18.0 Å². The topological polar surface area (TPSA) is 57.8 Å². The predicted molar refractivity (Wildman–Crippen MR) is 114 cm³/mol. The number of pyridine rings is 1. The number of carbonyl (C=O) groups is 1. The maximum atomic E-state index is 13.1. The molecule has 7 heteroatoms. The van der Waals surface area contributed by atoms with Crippen molar-refractivity contribution < 1.29 is 18.0 Å². The fourth-order valence-electron chi connectivity index (χ4n) is 4.23. The number of fused-ring (bicyclic) bond motifs is 1. The summed E-state index contributed by atoms with van der Waals surface area (Å²) in [4.78, 5) is 20.5. The molecule has 4 rings (SSSR count).